The van der Waals surface area contributed by atoms with Crippen LogP contribution in [0.25, 0.3) is 0 Å². The molecule has 1 rings (SSSR count). The number of hydrogen-bond donors (Lipinski definition) is 2. The van der Waals surface area contributed by atoms with Crippen molar-refractivity contribution in [2.24, 2.45) is 0 Å². The van der Waals surface area contributed by atoms with E-state index < -0.39 is 36.6 Å². The van der Waals surface area contributed by atoms with Crippen molar-refractivity contribution in [3.05, 3.63) is 0 Å². The van der Waals surface area contributed by atoms with Crippen LogP contribution < -0.4 is 5.32 Å². The number of rotatable bonds is 3. The van der Waals surface area contributed by atoms with Gasteiger partial charge in [0.25, 0.3) is 0 Å². The molecule has 1 aliphatic heterocycles. The first kappa shape index (κ1) is 14.9. The molecule has 7 nitrogen and oxygen atoms in total. The summed E-state index contributed by atoms with van der Waals surface area (Å²) >= 11 is 0. The van der Waals surface area contributed by atoms with E-state index in [1.807, 2.05) is 0 Å². The number of aliphatic hydroxyl groups is 1. The minimum atomic E-state index is -1.11. The van der Waals surface area contributed by atoms with Gasteiger partial charge in [-0.2, -0.15) is 0 Å². The molecule has 7 heteroatoms. The number of methoxy groups -OCH3 is 1. The predicted molar refractivity (Wildman–Crippen MR) is 60.5 cm³/mol. The minimum absolute atomic E-state index is 0.333. The summed E-state index contributed by atoms with van der Waals surface area (Å²) in [6, 6.07) is -0.764. The van der Waals surface area contributed by atoms with Crippen molar-refractivity contribution >= 4 is 11.9 Å². The lowest BCUT2D eigenvalue weighted by Crippen LogP contribution is -2.64. The van der Waals surface area contributed by atoms with E-state index in [0.29, 0.717) is 0 Å². The molecule has 0 aromatic heterocycles. The van der Waals surface area contributed by atoms with E-state index in [9.17, 15) is 14.7 Å². The molecule has 0 saturated carbocycles. The average molecular weight is 261 g/mol. The van der Waals surface area contributed by atoms with Crippen LogP contribution in [0.4, 0.5) is 0 Å². The Bertz CT molecular complexity index is 321. The molecule has 104 valence electrons. The molecule has 0 spiro atoms. The molecule has 1 aliphatic rings. The van der Waals surface area contributed by atoms with Crippen LogP contribution in [-0.2, 0) is 23.8 Å². The smallest absolute Gasteiger partial charge is 0.303 e. The van der Waals surface area contributed by atoms with Crippen LogP contribution in [0.5, 0.6) is 0 Å². The number of carbonyl (C=O) groups is 2. The van der Waals surface area contributed by atoms with Gasteiger partial charge in [-0.15, -0.1) is 0 Å². The molecule has 1 amide bonds. The van der Waals surface area contributed by atoms with Gasteiger partial charge in [-0.3, -0.25) is 9.59 Å². The summed E-state index contributed by atoms with van der Waals surface area (Å²) in [6.45, 7) is 4.26. The van der Waals surface area contributed by atoms with Gasteiger partial charge in [0.15, 0.2) is 12.4 Å². The van der Waals surface area contributed by atoms with E-state index in [1.165, 1.54) is 21.0 Å². The third-order valence-electron chi connectivity index (χ3n) is 2.72. The second-order valence-corrected chi connectivity index (χ2v) is 4.24. The molecule has 0 aromatic rings. The van der Waals surface area contributed by atoms with E-state index in [4.69, 9.17) is 14.2 Å². The van der Waals surface area contributed by atoms with Crippen molar-refractivity contribution < 1.29 is 28.9 Å². The minimum Gasteiger partial charge on any atom is -0.457 e. The van der Waals surface area contributed by atoms with E-state index >= 15 is 0 Å². The predicted octanol–water partition coefficient (Wildman–Crippen LogP) is -0.825. The Morgan fingerprint density at radius 3 is 2.39 bits per heavy atom. The van der Waals surface area contributed by atoms with Gasteiger partial charge in [-0.1, -0.05) is 0 Å². The summed E-state index contributed by atoms with van der Waals surface area (Å²) in [5.74, 6) is -0.839. The Labute approximate surface area is 105 Å². The molecule has 0 bridgehead atoms. The van der Waals surface area contributed by atoms with Crippen molar-refractivity contribution in [1.82, 2.24) is 5.32 Å². The zero-order chi connectivity index (χ0) is 13.9. The molecular weight excluding hydrogens is 242 g/mol. The van der Waals surface area contributed by atoms with Crippen LogP contribution in [0, 0.1) is 0 Å². The molecule has 1 saturated heterocycles. The summed E-state index contributed by atoms with van der Waals surface area (Å²) < 4.78 is 15.4. The van der Waals surface area contributed by atoms with E-state index in [0.717, 1.165) is 0 Å². The molecule has 0 unspecified atom stereocenters. The molecular formula is C11H19NO6. The Morgan fingerprint density at radius 2 is 1.94 bits per heavy atom. The van der Waals surface area contributed by atoms with Gasteiger partial charge in [-0.25, -0.2) is 0 Å². The quantitative estimate of drug-likeness (QED) is 0.644. The Hall–Kier alpha value is -1.18. The largest absolute Gasteiger partial charge is 0.457 e. The average Bonchev–Trinajstić information content (AvgIpc) is 2.27. The van der Waals surface area contributed by atoms with Gasteiger partial charge in [0, 0.05) is 21.0 Å². The third kappa shape index (κ3) is 3.41. The number of nitrogens with one attached hydrogen (secondary N) is 1. The molecule has 0 aromatic carbocycles. The normalized spacial score (nSPS) is 35.9. The molecule has 5 atom stereocenters. The van der Waals surface area contributed by atoms with Crippen LogP contribution in [0.3, 0.4) is 0 Å². The summed E-state index contributed by atoms with van der Waals surface area (Å²) in [4.78, 5) is 22.2. The van der Waals surface area contributed by atoms with Crippen molar-refractivity contribution in [3.63, 3.8) is 0 Å². The third-order valence-corrected chi connectivity index (χ3v) is 2.72. The first-order valence-corrected chi connectivity index (χ1v) is 5.67. The van der Waals surface area contributed by atoms with E-state index in [2.05, 4.69) is 5.32 Å². The summed E-state index contributed by atoms with van der Waals surface area (Å²) in [5, 5.41) is 12.6. The first-order chi connectivity index (χ1) is 8.36. The first-order valence-electron chi connectivity index (χ1n) is 5.67. The van der Waals surface area contributed by atoms with Gasteiger partial charge >= 0.3 is 5.97 Å². The zero-order valence-electron chi connectivity index (χ0n) is 10.9. The highest BCUT2D eigenvalue weighted by Gasteiger charge is 2.46. The highest BCUT2D eigenvalue weighted by atomic mass is 16.7. The number of carbonyl (C=O) groups excluding carboxylic acids is 2. The fourth-order valence-electron chi connectivity index (χ4n) is 1.98. The molecule has 18 heavy (non-hydrogen) atoms. The van der Waals surface area contributed by atoms with Gasteiger partial charge in [0.05, 0.1) is 12.1 Å². The zero-order valence-corrected chi connectivity index (χ0v) is 10.9. The highest BCUT2D eigenvalue weighted by Crippen LogP contribution is 2.24. The Kier molecular flexibility index (Phi) is 5.06. The van der Waals surface area contributed by atoms with Crippen molar-refractivity contribution in [1.29, 1.82) is 0 Å². The van der Waals surface area contributed by atoms with Gasteiger partial charge < -0.3 is 24.6 Å². The maximum Gasteiger partial charge on any atom is 0.303 e. The van der Waals surface area contributed by atoms with Crippen LogP contribution in [0.1, 0.15) is 20.8 Å². The van der Waals surface area contributed by atoms with E-state index in [1.54, 1.807) is 6.92 Å². The second-order valence-electron chi connectivity index (χ2n) is 4.24. The summed E-state index contributed by atoms with van der Waals surface area (Å²) in [5.41, 5.74) is 0. The topological polar surface area (TPSA) is 94.1 Å². The van der Waals surface area contributed by atoms with Gasteiger partial charge in [0.2, 0.25) is 5.91 Å². The van der Waals surface area contributed by atoms with Crippen molar-refractivity contribution in [3.8, 4) is 0 Å². The molecule has 0 radical (unpaired) electrons. The van der Waals surface area contributed by atoms with E-state index in [-0.39, 0.29) is 5.91 Å². The lowest BCUT2D eigenvalue weighted by atomic mass is 9.96. The van der Waals surface area contributed by atoms with Crippen LogP contribution in [-0.4, -0.2) is 54.7 Å². The fraction of sp³-hybridized carbons (Fsp3) is 0.818. The highest BCUT2D eigenvalue weighted by molar-refractivity contribution is 5.73. The van der Waals surface area contributed by atoms with Crippen molar-refractivity contribution in [2.45, 2.75) is 51.4 Å². The maximum absolute atomic E-state index is 11.1. The summed E-state index contributed by atoms with van der Waals surface area (Å²) in [7, 11) is 1.39. The maximum atomic E-state index is 11.1. The molecule has 0 aliphatic carbocycles. The number of aliphatic hydroxyl groups excluding tert-OH is 1. The lowest BCUT2D eigenvalue weighted by Gasteiger charge is -2.42. The van der Waals surface area contributed by atoms with Crippen LogP contribution in [0.2, 0.25) is 0 Å². The van der Waals surface area contributed by atoms with Crippen LogP contribution in [0.15, 0.2) is 0 Å². The summed E-state index contributed by atoms with van der Waals surface area (Å²) in [6.07, 6.45) is -3.24. The molecule has 2 N–H and O–H groups in total. The Morgan fingerprint density at radius 1 is 1.33 bits per heavy atom. The number of hydrogen-bond acceptors (Lipinski definition) is 6. The Balaban J connectivity index is 2.89. The van der Waals surface area contributed by atoms with Crippen LogP contribution >= 0.6 is 0 Å². The number of ether oxygens (including phenoxy) is 3. The standard InChI is InChI=1S/C11H19NO6/c1-5-10(18-7(3)14)8(12-6(2)13)9(15)11(16-4)17-5/h5,8-11,15H,1-4H3,(H,12,13)/t5-,8-,9+,10-,11-/m1/s1. The monoisotopic (exact) mass is 261 g/mol. The number of esters is 1. The lowest BCUT2D eigenvalue weighted by molar-refractivity contribution is -0.265. The fourth-order valence-corrected chi connectivity index (χ4v) is 1.98. The van der Waals surface area contributed by atoms with Gasteiger partial charge in [0.1, 0.15) is 6.10 Å². The SMILES string of the molecule is CO[C@@H]1O[C@H](C)[C@@H](OC(C)=O)[C@H](NC(C)=O)[C@@H]1O. The van der Waals surface area contributed by atoms with Crippen molar-refractivity contribution in [2.75, 3.05) is 7.11 Å². The second kappa shape index (κ2) is 6.12. The molecule has 1 heterocycles. The number of amides is 1. The molecule has 1 fully saturated rings. The van der Waals surface area contributed by atoms with Gasteiger partial charge in [-0.05, 0) is 6.92 Å².